The predicted molar refractivity (Wildman–Crippen MR) is 134 cm³/mol. The molecule has 5 nitrogen and oxygen atoms in total. The highest BCUT2D eigenvalue weighted by Gasteiger charge is 2.22. The van der Waals surface area contributed by atoms with E-state index in [0.717, 1.165) is 29.7 Å². The molecule has 0 aromatic heterocycles. The van der Waals surface area contributed by atoms with E-state index in [1.165, 1.54) is 6.07 Å². The molecule has 168 valence electrons. The Morgan fingerprint density at radius 3 is 2.52 bits per heavy atom. The molecule has 0 radical (unpaired) electrons. The van der Waals surface area contributed by atoms with Crippen LogP contribution in [0.2, 0.25) is 0 Å². The second-order valence-electron chi connectivity index (χ2n) is 8.36. The molecule has 2 aromatic rings. The molecule has 0 bridgehead atoms. The van der Waals surface area contributed by atoms with Crippen LogP contribution in [0.5, 0.6) is 0 Å². The molecule has 0 atom stereocenters. The maximum atomic E-state index is 13.6. The summed E-state index contributed by atoms with van der Waals surface area (Å²) < 4.78 is 13.6. The first-order chi connectivity index (χ1) is 14.4. The summed E-state index contributed by atoms with van der Waals surface area (Å²) in [5.74, 6) is 0.692. The summed E-state index contributed by atoms with van der Waals surface area (Å²) in [6.07, 6.45) is 1.59. The minimum absolute atomic E-state index is 0. The number of nitrogens with zero attached hydrogens (tertiary/aromatic N) is 2. The van der Waals surface area contributed by atoms with E-state index >= 15 is 0 Å². The first kappa shape index (κ1) is 25.1. The monoisotopic (exact) mass is 538 g/mol. The van der Waals surface area contributed by atoms with Crippen LogP contribution in [-0.4, -0.2) is 36.9 Å². The molecule has 0 saturated carbocycles. The normalized spacial score (nSPS) is 14.4. The van der Waals surface area contributed by atoms with Crippen LogP contribution in [0.15, 0.2) is 53.5 Å². The van der Waals surface area contributed by atoms with E-state index in [1.807, 2.05) is 23.1 Å². The number of aliphatic imine (C=N–C) groups is 1. The van der Waals surface area contributed by atoms with Crippen molar-refractivity contribution in [3.05, 3.63) is 71.0 Å². The fourth-order valence-electron chi connectivity index (χ4n) is 3.68. The number of carbonyl (C=O) groups excluding carboxylic acids is 1. The van der Waals surface area contributed by atoms with Crippen LogP contribution >= 0.6 is 24.0 Å². The van der Waals surface area contributed by atoms with Crippen LogP contribution in [0, 0.1) is 5.82 Å². The number of halogens is 2. The lowest BCUT2D eigenvalue weighted by Crippen LogP contribution is -2.43. The average Bonchev–Trinajstić information content (AvgIpc) is 3.13. The largest absolute Gasteiger partial charge is 0.356 e. The van der Waals surface area contributed by atoms with Gasteiger partial charge in [0.15, 0.2) is 5.96 Å². The van der Waals surface area contributed by atoms with E-state index in [1.54, 1.807) is 19.2 Å². The number of guanidine groups is 1. The van der Waals surface area contributed by atoms with Gasteiger partial charge in [-0.3, -0.25) is 9.79 Å². The number of hydrogen-bond donors (Lipinski definition) is 2. The highest BCUT2D eigenvalue weighted by molar-refractivity contribution is 14.0. The number of rotatable bonds is 7. The van der Waals surface area contributed by atoms with Gasteiger partial charge in [-0.2, -0.15) is 0 Å². The summed E-state index contributed by atoms with van der Waals surface area (Å²) in [5, 5.41) is 6.71. The van der Waals surface area contributed by atoms with Gasteiger partial charge in [-0.25, -0.2) is 4.39 Å². The Kier molecular flexibility index (Phi) is 9.28. The molecule has 2 aromatic carbocycles. The van der Waals surface area contributed by atoms with E-state index in [2.05, 4.69) is 41.6 Å². The number of nitrogens with one attached hydrogen (secondary N) is 2. The third kappa shape index (κ3) is 6.92. The second-order valence-corrected chi connectivity index (χ2v) is 8.36. The van der Waals surface area contributed by atoms with Crippen molar-refractivity contribution in [2.45, 2.75) is 45.2 Å². The zero-order chi connectivity index (χ0) is 21.6. The lowest BCUT2D eigenvalue weighted by molar-refractivity contribution is -0.128. The fourth-order valence-corrected chi connectivity index (χ4v) is 3.68. The van der Waals surface area contributed by atoms with Crippen molar-refractivity contribution in [2.24, 2.45) is 4.99 Å². The van der Waals surface area contributed by atoms with E-state index in [-0.39, 0.29) is 41.1 Å². The van der Waals surface area contributed by atoms with E-state index in [4.69, 9.17) is 0 Å². The first-order valence-corrected chi connectivity index (χ1v) is 10.4. The van der Waals surface area contributed by atoms with Crippen molar-refractivity contribution in [3.63, 3.8) is 0 Å². The van der Waals surface area contributed by atoms with Gasteiger partial charge in [-0.1, -0.05) is 50.2 Å². The summed E-state index contributed by atoms with van der Waals surface area (Å²) in [5.41, 5.74) is 2.97. The molecular formula is C24H32FIN4O. The van der Waals surface area contributed by atoms with Crippen molar-refractivity contribution in [2.75, 3.05) is 20.1 Å². The van der Waals surface area contributed by atoms with Crippen molar-refractivity contribution < 1.29 is 9.18 Å². The lowest BCUT2D eigenvalue weighted by Gasteiger charge is -2.27. The SMILES string of the molecule is CN=C(NCc1ccccc1CN1CCCC1=O)NCC(C)(C)c1cccc(F)c1.I. The molecule has 0 spiro atoms. The zero-order valence-electron chi connectivity index (χ0n) is 18.5. The van der Waals surface area contributed by atoms with Crippen LogP contribution in [0.3, 0.4) is 0 Å². The molecule has 0 aliphatic carbocycles. The summed E-state index contributed by atoms with van der Waals surface area (Å²) in [4.78, 5) is 18.2. The van der Waals surface area contributed by atoms with Crippen molar-refractivity contribution in [1.29, 1.82) is 0 Å². The van der Waals surface area contributed by atoms with Gasteiger partial charge in [0, 0.05) is 45.1 Å². The number of hydrogen-bond acceptors (Lipinski definition) is 2. The van der Waals surface area contributed by atoms with Gasteiger partial charge >= 0.3 is 0 Å². The minimum Gasteiger partial charge on any atom is -0.356 e. The number of benzene rings is 2. The summed E-state index contributed by atoms with van der Waals surface area (Å²) in [7, 11) is 1.74. The highest BCUT2D eigenvalue weighted by Crippen LogP contribution is 2.23. The van der Waals surface area contributed by atoms with Gasteiger partial charge in [-0.05, 0) is 35.2 Å². The predicted octanol–water partition coefficient (Wildman–Crippen LogP) is 4.21. The van der Waals surface area contributed by atoms with Crippen LogP contribution in [0.1, 0.15) is 43.4 Å². The molecule has 0 unspecified atom stereocenters. The topological polar surface area (TPSA) is 56.7 Å². The Hall–Kier alpha value is -2.16. The van der Waals surface area contributed by atoms with Crippen LogP contribution in [0.4, 0.5) is 4.39 Å². The Morgan fingerprint density at radius 2 is 1.87 bits per heavy atom. The molecule has 1 fully saturated rings. The van der Waals surface area contributed by atoms with Crippen molar-refractivity contribution >= 4 is 35.8 Å². The van der Waals surface area contributed by atoms with E-state index in [9.17, 15) is 9.18 Å². The molecule has 1 aliphatic rings. The third-order valence-electron chi connectivity index (χ3n) is 5.62. The van der Waals surface area contributed by atoms with Crippen LogP contribution in [0.25, 0.3) is 0 Å². The Bertz CT molecular complexity index is 916. The highest BCUT2D eigenvalue weighted by atomic mass is 127. The molecule has 1 aliphatic heterocycles. The van der Waals surface area contributed by atoms with E-state index in [0.29, 0.717) is 32.0 Å². The van der Waals surface area contributed by atoms with Gasteiger partial charge in [0.1, 0.15) is 5.82 Å². The average molecular weight is 538 g/mol. The van der Waals surface area contributed by atoms with E-state index < -0.39 is 0 Å². The molecule has 1 saturated heterocycles. The maximum absolute atomic E-state index is 13.6. The number of likely N-dealkylation sites (tertiary alicyclic amines) is 1. The fraction of sp³-hybridized carbons (Fsp3) is 0.417. The number of amides is 1. The second kappa shape index (κ2) is 11.5. The molecule has 3 rings (SSSR count). The molecule has 1 amide bonds. The zero-order valence-corrected chi connectivity index (χ0v) is 20.8. The molecule has 2 N–H and O–H groups in total. The van der Waals surface area contributed by atoms with Crippen LogP contribution < -0.4 is 10.6 Å². The van der Waals surface area contributed by atoms with Crippen molar-refractivity contribution in [3.8, 4) is 0 Å². The third-order valence-corrected chi connectivity index (χ3v) is 5.62. The van der Waals surface area contributed by atoms with Gasteiger partial charge in [0.2, 0.25) is 5.91 Å². The summed E-state index contributed by atoms with van der Waals surface area (Å²) in [6, 6.07) is 14.9. The van der Waals surface area contributed by atoms with Gasteiger partial charge < -0.3 is 15.5 Å². The van der Waals surface area contributed by atoms with Gasteiger partial charge in [-0.15, -0.1) is 24.0 Å². The Labute approximate surface area is 201 Å². The molecule has 31 heavy (non-hydrogen) atoms. The Balaban J connectivity index is 0.00000341. The summed E-state index contributed by atoms with van der Waals surface area (Å²) in [6.45, 7) is 6.85. The molecular weight excluding hydrogens is 506 g/mol. The quantitative estimate of drug-likeness (QED) is 0.316. The van der Waals surface area contributed by atoms with Crippen LogP contribution in [-0.2, 0) is 23.3 Å². The smallest absolute Gasteiger partial charge is 0.222 e. The standard InChI is InChI=1S/C24H31FN4O.HI/c1-24(2,20-10-6-11-21(25)14-20)17-28-23(26-3)27-15-18-8-4-5-9-19(18)16-29-13-7-12-22(29)30;/h4-6,8-11,14H,7,12-13,15-17H2,1-3H3,(H2,26,27,28);1H. The molecule has 1 heterocycles. The number of carbonyl (C=O) groups is 1. The molecule has 7 heteroatoms. The maximum Gasteiger partial charge on any atom is 0.222 e. The summed E-state index contributed by atoms with van der Waals surface area (Å²) >= 11 is 0. The van der Waals surface area contributed by atoms with Gasteiger partial charge in [0.25, 0.3) is 0 Å². The Morgan fingerprint density at radius 1 is 1.13 bits per heavy atom. The minimum atomic E-state index is -0.256. The first-order valence-electron chi connectivity index (χ1n) is 10.4. The van der Waals surface area contributed by atoms with Gasteiger partial charge in [0.05, 0.1) is 0 Å². The van der Waals surface area contributed by atoms with Crippen molar-refractivity contribution in [1.82, 2.24) is 15.5 Å². The lowest BCUT2D eigenvalue weighted by atomic mass is 9.84.